The van der Waals surface area contributed by atoms with E-state index in [-0.39, 0.29) is 13.4 Å². The van der Waals surface area contributed by atoms with Gasteiger partial charge < -0.3 is 24.0 Å². The van der Waals surface area contributed by atoms with E-state index >= 15 is 0 Å². The van der Waals surface area contributed by atoms with Crippen LogP contribution in [0.4, 0.5) is 68.2 Å². The molecular formula is C72H56B2N4O. The van der Waals surface area contributed by atoms with E-state index in [2.05, 4.69) is 302 Å². The van der Waals surface area contributed by atoms with Gasteiger partial charge in [0.15, 0.2) is 0 Å². The zero-order chi connectivity index (χ0) is 52.9. The Kier molecular flexibility index (Phi) is 11.0. The average molecular weight is 1010 g/mol. The number of nitrogens with zero attached hydrogens (tertiary/aromatic N) is 4. The minimum Gasteiger partial charge on any atom is -0.456 e. The smallest absolute Gasteiger partial charge is 0.252 e. The molecule has 1 aromatic heterocycles. The summed E-state index contributed by atoms with van der Waals surface area (Å²) in [5, 5.41) is 2.23. The van der Waals surface area contributed by atoms with Gasteiger partial charge in [0.25, 0.3) is 6.71 Å². The largest absolute Gasteiger partial charge is 0.456 e. The van der Waals surface area contributed by atoms with Crippen molar-refractivity contribution >= 4 is 136 Å². The molecule has 0 saturated carbocycles. The number of fused-ring (bicyclic) bond motifs is 9. The zero-order valence-electron chi connectivity index (χ0n) is 44.8. The highest BCUT2D eigenvalue weighted by atomic mass is 16.3. The molecule has 0 unspecified atom stereocenters. The fourth-order valence-corrected chi connectivity index (χ4v) is 13.5. The summed E-state index contributed by atoms with van der Waals surface area (Å²) in [7, 11) is 0. The van der Waals surface area contributed by atoms with Crippen LogP contribution >= 0.6 is 0 Å². The number of furan rings is 1. The Labute approximate surface area is 463 Å². The van der Waals surface area contributed by atoms with Gasteiger partial charge in [0, 0.05) is 79.4 Å². The van der Waals surface area contributed by atoms with E-state index in [0.29, 0.717) is 11.8 Å². The first-order chi connectivity index (χ1) is 38.9. The van der Waals surface area contributed by atoms with Gasteiger partial charge in [-0.2, -0.15) is 0 Å². The van der Waals surface area contributed by atoms with Gasteiger partial charge >= 0.3 is 0 Å². The number of para-hydroxylation sites is 7. The lowest BCUT2D eigenvalue weighted by atomic mass is 9.30. The van der Waals surface area contributed by atoms with Crippen molar-refractivity contribution in [3.63, 3.8) is 0 Å². The first-order valence-corrected chi connectivity index (χ1v) is 27.9. The van der Waals surface area contributed by atoms with E-state index in [1.54, 1.807) is 0 Å². The van der Waals surface area contributed by atoms with Gasteiger partial charge in [-0.05, 0) is 141 Å². The molecule has 0 N–H and O–H groups in total. The van der Waals surface area contributed by atoms with Crippen LogP contribution in [0.1, 0.15) is 50.7 Å². The summed E-state index contributed by atoms with van der Waals surface area (Å²) in [5.41, 5.74) is 25.7. The third-order valence-corrected chi connectivity index (χ3v) is 16.8. The first-order valence-electron chi connectivity index (χ1n) is 27.9. The summed E-state index contributed by atoms with van der Waals surface area (Å²) in [6, 6.07) is 94.2. The molecule has 0 fully saturated rings. The van der Waals surface area contributed by atoms with Crippen molar-refractivity contribution in [2.75, 3.05) is 19.6 Å². The second-order valence-corrected chi connectivity index (χ2v) is 22.0. The van der Waals surface area contributed by atoms with Gasteiger partial charge in [0.05, 0.1) is 5.69 Å². The topological polar surface area (TPSA) is 26.1 Å². The summed E-state index contributed by atoms with van der Waals surface area (Å²) in [6.45, 7) is 9.19. The molecule has 0 amide bonds. The van der Waals surface area contributed by atoms with Crippen molar-refractivity contribution in [2.24, 2.45) is 0 Å². The van der Waals surface area contributed by atoms with Crippen molar-refractivity contribution in [2.45, 2.75) is 39.5 Å². The highest BCUT2D eigenvalue weighted by molar-refractivity contribution is 7.02. The molecule has 3 aliphatic rings. The number of rotatable bonds is 9. The second-order valence-electron chi connectivity index (χ2n) is 22.0. The molecule has 4 heterocycles. The molecule has 0 atom stereocenters. The molecule has 0 spiro atoms. The van der Waals surface area contributed by atoms with Gasteiger partial charge in [-0.25, -0.2) is 0 Å². The average Bonchev–Trinajstić information content (AvgIpc) is 2.82. The van der Waals surface area contributed by atoms with Crippen LogP contribution in [0.15, 0.2) is 259 Å². The monoisotopic (exact) mass is 1010 g/mol. The van der Waals surface area contributed by atoms with Crippen LogP contribution in [0.2, 0.25) is 0 Å². The summed E-state index contributed by atoms with van der Waals surface area (Å²) >= 11 is 0. The summed E-state index contributed by atoms with van der Waals surface area (Å²) in [4.78, 5) is 10.0. The number of anilines is 12. The highest BCUT2D eigenvalue weighted by Crippen LogP contribution is 2.50. The molecule has 7 heteroatoms. The Morgan fingerprint density at radius 2 is 0.759 bits per heavy atom. The molecule has 15 rings (SSSR count). The van der Waals surface area contributed by atoms with Crippen LogP contribution in [0.3, 0.4) is 0 Å². The maximum Gasteiger partial charge on any atom is 0.252 e. The lowest BCUT2D eigenvalue weighted by Crippen LogP contribution is -2.64. The quantitative estimate of drug-likeness (QED) is 0.134. The highest BCUT2D eigenvalue weighted by Gasteiger charge is 2.47. The molecule has 376 valence electrons. The zero-order valence-corrected chi connectivity index (χ0v) is 44.8. The summed E-state index contributed by atoms with van der Waals surface area (Å²) in [6.07, 6.45) is 0. The van der Waals surface area contributed by atoms with Crippen LogP contribution in [0, 0.1) is 0 Å². The predicted octanol–water partition coefficient (Wildman–Crippen LogP) is 15.7. The third-order valence-electron chi connectivity index (χ3n) is 16.8. The number of benzene rings is 11. The fourth-order valence-electron chi connectivity index (χ4n) is 13.5. The summed E-state index contributed by atoms with van der Waals surface area (Å²) in [5.74, 6) is 0.609. The van der Waals surface area contributed by atoms with E-state index in [9.17, 15) is 0 Å². The summed E-state index contributed by atoms with van der Waals surface area (Å²) < 4.78 is 6.86. The van der Waals surface area contributed by atoms with Gasteiger partial charge in [-0.3, -0.25) is 0 Å². The Hall–Kier alpha value is -9.45. The molecule has 0 radical (unpaired) electrons. The van der Waals surface area contributed by atoms with E-state index in [4.69, 9.17) is 4.42 Å². The fraction of sp³-hybridized carbons (Fsp3) is 0.0833. The van der Waals surface area contributed by atoms with Gasteiger partial charge in [-0.1, -0.05) is 191 Å². The van der Waals surface area contributed by atoms with Gasteiger partial charge in [0.2, 0.25) is 6.71 Å². The van der Waals surface area contributed by atoms with E-state index < -0.39 is 0 Å². The maximum absolute atomic E-state index is 6.86. The Balaban J connectivity index is 1.12. The molecular weight excluding hydrogens is 958 g/mol. The van der Waals surface area contributed by atoms with Crippen LogP contribution in [-0.4, -0.2) is 13.4 Å². The van der Waals surface area contributed by atoms with E-state index in [1.165, 1.54) is 55.3 Å². The standard InChI is InChI=1S/C72H56B2N4O/c1-47(2)55-36-24-37-56(48(3)4)71(55)73-59-38-21-22-39-63(59)76(51-29-14-7-15-30-51)64-45-65-62(44-61(64)73)74-60-43-58-57-35-20-23-40-69(57)79-70(58)46-66(60)78(53-33-18-9-19-34-53)68-42-54(41-67(72(68)74)77(65)52-31-16-8-17-32-52)75(49-25-10-5-11-26-49)50-27-12-6-13-28-50/h5-48H,1-4H3. The minimum atomic E-state index is -0.192. The molecule has 0 saturated heterocycles. The lowest BCUT2D eigenvalue weighted by molar-refractivity contribution is 0.669. The number of hydrogen-bond donors (Lipinski definition) is 0. The predicted molar refractivity (Wildman–Crippen MR) is 336 cm³/mol. The molecule has 0 aliphatic carbocycles. The van der Waals surface area contributed by atoms with E-state index in [1.807, 2.05) is 0 Å². The minimum absolute atomic E-state index is 0.0599. The Morgan fingerprint density at radius 1 is 0.316 bits per heavy atom. The van der Waals surface area contributed by atoms with Crippen molar-refractivity contribution in [3.05, 3.63) is 266 Å². The van der Waals surface area contributed by atoms with Gasteiger partial charge in [-0.15, -0.1) is 0 Å². The van der Waals surface area contributed by atoms with E-state index in [0.717, 1.165) is 78.8 Å². The van der Waals surface area contributed by atoms with Crippen molar-refractivity contribution in [3.8, 4) is 0 Å². The SMILES string of the molecule is CC(C)c1cccc(C(C)C)c1B1c2ccccc2N(c2ccccc2)c2cc3c(cc21)B1c2cc4c(cc2N(c2ccccc2)c2cc(N(c5ccccc5)c5ccccc5)cc(c21)N3c1ccccc1)oc1ccccc14. The normalized spacial score (nSPS) is 13.2. The van der Waals surface area contributed by atoms with Crippen molar-refractivity contribution < 1.29 is 4.42 Å². The van der Waals surface area contributed by atoms with Crippen LogP contribution in [-0.2, 0) is 0 Å². The van der Waals surface area contributed by atoms with Crippen molar-refractivity contribution in [1.29, 1.82) is 0 Å². The maximum atomic E-state index is 6.86. The van der Waals surface area contributed by atoms with Crippen LogP contribution in [0.25, 0.3) is 21.9 Å². The Morgan fingerprint density at radius 3 is 1.30 bits per heavy atom. The van der Waals surface area contributed by atoms with Crippen LogP contribution < -0.4 is 52.4 Å². The molecule has 12 aromatic rings. The first kappa shape index (κ1) is 46.8. The molecule has 5 nitrogen and oxygen atoms in total. The lowest BCUT2D eigenvalue weighted by Gasteiger charge is -2.46. The number of hydrogen-bond acceptors (Lipinski definition) is 5. The molecule has 11 aromatic carbocycles. The molecule has 0 bridgehead atoms. The van der Waals surface area contributed by atoms with Crippen molar-refractivity contribution in [1.82, 2.24) is 0 Å². The molecule has 3 aliphatic heterocycles. The second kappa shape index (κ2) is 18.6. The van der Waals surface area contributed by atoms with Crippen LogP contribution in [0.5, 0.6) is 0 Å². The molecule has 79 heavy (non-hydrogen) atoms. The van der Waals surface area contributed by atoms with Gasteiger partial charge in [0.1, 0.15) is 11.2 Å². The third kappa shape index (κ3) is 7.40. The Bertz CT molecular complexity index is 4230.